The number of nitrogens with zero attached hydrogens (tertiary/aromatic N) is 1. The Hall–Kier alpha value is -1.89. The van der Waals surface area contributed by atoms with E-state index in [4.69, 9.17) is 5.11 Å². The van der Waals surface area contributed by atoms with Crippen LogP contribution in [0.15, 0.2) is 29.2 Å². The molecule has 0 heterocycles. The maximum atomic E-state index is 12.1. The molecule has 1 rings (SSSR count). The third-order valence-electron chi connectivity index (χ3n) is 2.94. The number of hydrogen-bond acceptors (Lipinski definition) is 4. The molecule has 0 aromatic heterocycles. The molecule has 0 unspecified atom stereocenters. The zero-order valence-electron chi connectivity index (χ0n) is 11.5. The van der Waals surface area contributed by atoms with Gasteiger partial charge in [0.2, 0.25) is 5.91 Å². The first-order valence-electron chi connectivity index (χ1n) is 5.97. The van der Waals surface area contributed by atoms with Gasteiger partial charge in [-0.15, -0.1) is 0 Å². The van der Waals surface area contributed by atoms with Crippen molar-refractivity contribution in [1.29, 1.82) is 0 Å². The largest absolute Gasteiger partial charge is 0.478 e. The number of sulfone groups is 1. The highest BCUT2D eigenvalue weighted by molar-refractivity contribution is 7.92. The standard InChI is InChI=1S/C13H17NO5S/c1-9(2)14(3)12(15)8-20(18,19)11-6-4-10(5-7-11)13(16)17/h4-7,9H,8H2,1-3H3,(H,16,17). The monoisotopic (exact) mass is 299 g/mol. The average molecular weight is 299 g/mol. The lowest BCUT2D eigenvalue weighted by Gasteiger charge is -2.21. The Labute approximate surface area is 117 Å². The van der Waals surface area contributed by atoms with Gasteiger partial charge in [-0.25, -0.2) is 13.2 Å². The minimum atomic E-state index is -3.76. The fourth-order valence-electron chi connectivity index (χ4n) is 1.44. The zero-order chi connectivity index (χ0) is 15.5. The third-order valence-corrected chi connectivity index (χ3v) is 4.56. The SMILES string of the molecule is CC(C)N(C)C(=O)CS(=O)(=O)c1ccc(C(=O)O)cc1. The zero-order valence-corrected chi connectivity index (χ0v) is 12.3. The number of carbonyl (C=O) groups is 2. The number of aromatic carboxylic acids is 1. The van der Waals surface area contributed by atoms with Crippen molar-refractivity contribution in [3.05, 3.63) is 29.8 Å². The van der Waals surface area contributed by atoms with Gasteiger partial charge in [-0.1, -0.05) is 0 Å². The van der Waals surface area contributed by atoms with Crippen molar-refractivity contribution in [2.45, 2.75) is 24.8 Å². The lowest BCUT2D eigenvalue weighted by atomic mass is 10.2. The molecule has 0 spiro atoms. The van der Waals surface area contributed by atoms with Gasteiger partial charge in [0.15, 0.2) is 9.84 Å². The van der Waals surface area contributed by atoms with Crippen molar-refractivity contribution in [3.8, 4) is 0 Å². The van der Waals surface area contributed by atoms with Crippen LogP contribution in [0.5, 0.6) is 0 Å². The number of carboxylic acids is 1. The molecule has 6 nitrogen and oxygen atoms in total. The van der Waals surface area contributed by atoms with E-state index in [1.165, 1.54) is 36.2 Å². The summed E-state index contributed by atoms with van der Waals surface area (Å²) in [5, 5.41) is 8.75. The van der Waals surface area contributed by atoms with Gasteiger partial charge in [0, 0.05) is 13.1 Å². The molecule has 0 aliphatic rings. The normalized spacial score (nSPS) is 11.4. The van der Waals surface area contributed by atoms with Gasteiger partial charge in [0.25, 0.3) is 0 Å². The number of hydrogen-bond donors (Lipinski definition) is 1. The minimum Gasteiger partial charge on any atom is -0.478 e. The van der Waals surface area contributed by atoms with Crippen LogP contribution in [-0.4, -0.2) is 49.1 Å². The second-order valence-electron chi connectivity index (χ2n) is 4.69. The quantitative estimate of drug-likeness (QED) is 0.876. The van der Waals surface area contributed by atoms with Crippen molar-refractivity contribution < 1.29 is 23.1 Å². The molecule has 0 radical (unpaired) electrons. The molecule has 0 saturated carbocycles. The number of carboxylic acid groups (broad SMARTS) is 1. The van der Waals surface area contributed by atoms with E-state index in [2.05, 4.69) is 0 Å². The van der Waals surface area contributed by atoms with Gasteiger partial charge in [-0.3, -0.25) is 4.79 Å². The summed E-state index contributed by atoms with van der Waals surface area (Å²) in [7, 11) is -2.23. The van der Waals surface area contributed by atoms with E-state index in [-0.39, 0.29) is 16.5 Å². The maximum absolute atomic E-state index is 12.1. The summed E-state index contributed by atoms with van der Waals surface area (Å²) in [5.41, 5.74) is -0.00502. The number of benzene rings is 1. The molecule has 7 heteroatoms. The Bertz CT molecular complexity index is 604. The predicted molar refractivity (Wildman–Crippen MR) is 73.4 cm³/mol. The molecule has 110 valence electrons. The highest BCUT2D eigenvalue weighted by Crippen LogP contribution is 2.13. The molecule has 0 atom stereocenters. The fourth-order valence-corrected chi connectivity index (χ4v) is 2.69. The molecule has 0 aliphatic heterocycles. The second kappa shape index (κ2) is 6.04. The molecule has 0 saturated heterocycles. The van der Waals surface area contributed by atoms with Crippen LogP contribution >= 0.6 is 0 Å². The molecule has 0 fully saturated rings. The lowest BCUT2D eigenvalue weighted by Crippen LogP contribution is -2.37. The highest BCUT2D eigenvalue weighted by atomic mass is 32.2. The van der Waals surface area contributed by atoms with Crippen molar-refractivity contribution in [2.24, 2.45) is 0 Å². The average Bonchev–Trinajstić information content (AvgIpc) is 2.37. The first-order valence-corrected chi connectivity index (χ1v) is 7.62. The summed E-state index contributed by atoms with van der Waals surface area (Å²) in [6, 6.07) is 4.70. The third kappa shape index (κ3) is 3.80. The van der Waals surface area contributed by atoms with E-state index in [1.54, 1.807) is 13.8 Å². The van der Waals surface area contributed by atoms with Gasteiger partial charge in [-0.2, -0.15) is 0 Å². The van der Waals surface area contributed by atoms with Crippen molar-refractivity contribution in [3.63, 3.8) is 0 Å². The summed E-state index contributed by atoms with van der Waals surface area (Å²) in [6.45, 7) is 3.57. The lowest BCUT2D eigenvalue weighted by molar-refractivity contribution is -0.128. The van der Waals surface area contributed by atoms with E-state index in [0.29, 0.717) is 0 Å². The van der Waals surface area contributed by atoms with Crippen LogP contribution in [0.2, 0.25) is 0 Å². The Morgan fingerprint density at radius 2 is 1.70 bits per heavy atom. The van der Waals surface area contributed by atoms with Crippen molar-refractivity contribution in [2.75, 3.05) is 12.8 Å². The van der Waals surface area contributed by atoms with E-state index in [0.717, 1.165) is 0 Å². The van der Waals surface area contributed by atoms with Gasteiger partial charge in [0.1, 0.15) is 5.75 Å². The molecule has 1 amide bonds. The summed E-state index contributed by atoms with van der Waals surface area (Å²) < 4.78 is 24.1. The number of rotatable bonds is 5. The summed E-state index contributed by atoms with van der Waals surface area (Å²) >= 11 is 0. The first kappa shape index (κ1) is 16.2. The van der Waals surface area contributed by atoms with E-state index in [9.17, 15) is 18.0 Å². The second-order valence-corrected chi connectivity index (χ2v) is 6.68. The number of amides is 1. The molecule has 1 aromatic rings. The van der Waals surface area contributed by atoms with Crippen LogP contribution in [0.1, 0.15) is 24.2 Å². The van der Waals surface area contributed by atoms with Crippen molar-refractivity contribution >= 4 is 21.7 Å². The van der Waals surface area contributed by atoms with Gasteiger partial charge in [-0.05, 0) is 38.1 Å². The predicted octanol–water partition coefficient (Wildman–Crippen LogP) is 1.03. The van der Waals surface area contributed by atoms with Crippen LogP contribution in [-0.2, 0) is 14.6 Å². The Balaban J connectivity index is 2.94. The van der Waals surface area contributed by atoms with Gasteiger partial charge >= 0.3 is 5.97 Å². The Kier molecular flexibility index (Phi) is 4.88. The fraction of sp³-hybridized carbons (Fsp3) is 0.385. The summed E-state index contributed by atoms with van der Waals surface area (Å²) in [4.78, 5) is 23.8. The Morgan fingerprint density at radius 3 is 2.10 bits per heavy atom. The summed E-state index contributed by atoms with van der Waals surface area (Å²) in [5.74, 6) is -2.26. The highest BCUT2D eigenvalue weighted by Gasteiger charge is 2.23. The minimum absolute atomic E-state index is 0.00502. The molecule has 20 heavy (non-hydrogen) atoms. The molecule has 1 aromatic carbocycles. The first-order chi connectivity index (χ1) is 9.15. The molecule has 0 bridgehead atoms. The van der Waals surface area contributed by atoms with E-state index in [1.807, 2.05) is 0 Å². The van der Waals surface area contributed by atoms with Gasteiger partial charge < -0.3 is 10.0 Å². The van der Waals surface area contributed by atoms with Gasteiger partial charge in [0.05, 0.1) is 10.5 Å². The molecular weight excluding hydrogens is 282 g/mol. The van der Waals surface area contributed by atoms with E-state index >= 15 is 0 Å². The smallest absolute Gasteiger partial charge is 0.335 e. The van der Waals surface area contributed by atoms with Crippen LogP contribution in [0.3, 0.4) is 0 Å². The maximum Gasteiger partial charge on any atom is 0.335 e. The van der Waals surface area contributed by atoms with Crippen molar-refractivity contribution in [1.82, 2.24) is 4.90 Å². The van der Waals surface area contributed by atoms with E-state index < -0.39 is 27.5 Å². The molecule has 0 aliphatic carbocycles. The van der Waals surface area contributed by atoms with Crippen LogP contribution in [0, 0.1) is 0 Å². The van der Waals surface area contributed by atoms with Crippen LogP contribution < -0.4 is 0 Å². The summed E-state index contributed by atoms with van der Waals surface area (Å²) in [6.07, 6.45) is 0. The number of carbonyl (C=O) groups excluding carboxylic acids is 1. The van der Waals surface area contributed by atoms with Crippen LogP contribution in [0.4, 0.5) is 0 Å². The molecular formula is C13H17NO5S. The topological polar surface area (TPSA) is 91.8 Å². The Morgan fingerprint density at radius 1 is 1.20 bits per heavy atom. The van der Waals surface area contributed by atoms with Crippen LogP contribution in [0.25, 0.3) is 0 Å². The molecule has 1 N–H and O–H groups in total.